The van der Waals surface area contributed by atoms with Gasteiger partial charge in [0.1, 0.15) is 6.61 Å². The van der Waals surface area contributed by atoms with E-state index in [0.717, 1.165) is 27.0 Å². The molecule has 39 heavy (non-hydrogen) atoms. The van der Waals surface area contributed by atoms with E-state index in [0.29, 0.717) is 39.8 Å². The number of anilines is 1. The fraction of sp³-hybridized carbons (Fsp3) is 0.0968. The number of hydrogen-bond acceptors (Lipinski definition) is 5. The van der Waals surface area contributed by atoms with Crippen molar-refractivity contribution in [3.8, 4) is 11.5 Å². The van der Waals surface area contributed by atoms with Crippen molar-refractivity contribution in [3.63, 3.8) is 0 Å². The molecule has 4 aromatic carbocycles. The Kier molecular flexibility index (Phi) is 8.71. The van der Waals surface area contributed by atoms with E-state index in [-0.39, 0.29) is 5.91 Å². The zero-order chi connectivity index (χ0) is 27.2. The Bertz CT molecular complexity index is 1530. The number of para-hydroxylation sites is 2. The van der Waals surface area contributed by atoms with Crippen molar-refractivity contribution < 1.29 is 14.3 Å². The third-order valence-corrected chi connectivity index (χ3v) is 7.67. The van der Waals surface area contributed by atoms with Crippen LogP contribution in [-0.4, -0.2) is 17.7 Å². The van der Waals surface area contributed by atoms with Gasteiger partial charge in [-0.3, -0.25) is 9.69 Å². The maximum Gasteiger partial charge on any atom is 0.271 e. The molecule has 1 saturated heterocycles. The first kappa shape index (κ1) is 27.1. The highest BCUT2D eigenvalue weighted by atomic mass is 79.9. The SMILES string of the molecule is CCOc1cc(/C=C2\SC(=Nc3ccccc3)N(c3ccccc3)C2=O)c(Br)cc1OCc1ccc(Cl)cc1. The lowest BCUT2D eigenvalue weighted by Crippen LogP contribution is -2.28. The second-order valence-electron chi connectivity index (χ2n) is 8.49. The standard InChI is InChI=1S/C31H24BrClN2O3S/c1-2-37-27-17-22(26(32)19-28(27)38-20-21-13-15-23(33)16-14-21)18-29-30(36)35(25-11-7-4-8-12-25)31(39-29)34-24-9-5-3-6-10-24/h3-19H,2,20H2,1H3/b29-18-,34-31?. The van der Waals surface area contributed by atoms with Crippen molar-refractivity contribution in [2.24, 2.45) is 4.99 Å². The summed E-state index contributed by atoms with van der Waals surface area (Å²) in [5, 5.41) is 1.27. The van der Waals surface area contributed by atoms with E-state index in [1.54, 1.807) is 4.90 Å². The number of rotatable bonds is 8. The van der Waals surface area contributed by atoms with Gasteiger partial charge in [-0.05, 0) is 84.4 Å². The summed E-state index contributed by atoms with van der Waals surface area (Å²) in [4.78, 5) is 20.6. The van der Waals surface area contributed by atoms with E-state index >= 15 is 0 Å². The lowest BCUT2D eigenvalue weighted by molar-refractivity contribution is -0.113. The minimum Gasteiger partial charge on any atom is -0.490 e. The monoisotopic (exact) mass is 618 g/mol. The van der Waals surface area contributed by atoms with Gasteiger partial charge in [-0.1, -0.05) is 76.1 Å². The molecule has 0 atom stereocenters. The number of carbonyl (C=O) groups excluding carboxylic acids is 1. The minimum absolute atomic E-state index is 0.145. The zero-order valence-electron chi connectivity index (χ0n) is 21.0. The summed E-state index contributed by atoms with van der Waals surface area (Å²) in [7, 11) is 0. The average Bonchev–Trinajstić information content (AvgIpc) is 3.25. The van der Waals surface area contributed by atoms with E-state index in [2.05, 4.69) is 15.9 Å². The number of hydrogen-bond donors (Lipinski definition) is 0. The summed E-state index contributed by atoms with van der Waals surface area (Å²) in [5.41, 5.74) is 3.32. The Labute approximate surface area is 245 Å². The molecular formula is C31H24BrClN2O3S. The molecule has 1 fully saturated rings. The van der Waals surface area contributed by atoms with Crippen LogP contribution in [0, 0.1) is 0 Å². The highest BCUT2D eigenvalue weighted by Gasteiger charge is 2.35. The van der Waals surface area contributed by atoms with Crippen LogP contribution in [0.2, 0.25) is 5.02 Å². The maximum absolute atomic E-state index is 13.7. The van der Waals surface area contributed by atoms with E-state index in [1.807, 2.05) is 110 Å². The highest BCUT2D eigenvalue weighted by molar-refractivity contribution is 9.10. The van der Waals surface area contributed by atoms with Gasteiger partial charge in [0.25, 0.3) is 5.91 Å². The summed E-state index contributed by atoms with van der Waals surface area (Å²) in [6, 6.07) is 30.4. The van der Waals surface area contributed by atoms with Crippen molar-refractivity contribution in [1.29, 1.82) is 0 Å². The van der Waals surface area contributed by atoms with Crippen LogP contribution in [0.5, 0.6) is 11.5 Å². The van der Waals surface area contributed by atoms with Crippen LogP contribution in [0.15, 0.2) is 111 Å². The Morgan fingerprint density at radius 3 is 2.28 bits per heavy atom. The molecule has 1 aliphatic rings. The Balaban J connectivity index is 1.47. The van der Waals surface area contributed by atoms with Gasteiger partial charge in [0.05, 0.1) is 22.9 Å². The fourth-order valence-electron chi connectivity index (χ4n) is 3.89. The molecule has 1 heterocycles. The third-order valence-electron chi connectivity index (χ3n) is 5.76. The van der Waals surface area contributed by atoms with E-state index in [9.17, 15) is 4.79 Å². The van der Waals surface area contributed by atoms with Crippen molar-refractivity contribution in [2.75, 3.05) is 11.5 Å². The van der Waals surface area contributed by atoms with Gasteiger partial charge in [-0.2, -0.15) is 0 Å². The molecular weight excluding hydrogens is 596 g/mol. The van der Waals surface area contributed by atoms with Crippen LogP contribution in [0.1, 0.15) is 18.1 Å². The lowest BCUT2D eigenvalue weighted by atomic mass is 10.1. The molecule has 8 heteroatoms. The molecule has 0 aromatic heterocycles. The van der Waals surface area contributed by atoms with Gasteiger partial charge in [0.2, 0.25) is 0 Å². The molecule has 4 aromatic rings. The van der Waals surface area contributed by atoms with Crippen molar-refractivity contribution in [1.82, 2.24) is 0 Å². The van der Waals surface area contributed by atoms with Crippen molar-refractivity contribution in [3.05, 3.63) is 123 Å². The summed E-state index contributed by atoms with van der Waals surface area (Å²) in [6.07, 6.45) is 1.85. The van der Waals surface area contributed by atoms with Crippen molar-refractivity contribution in [2.45, 2.75) is 13.5 Å². The molecule has 5 rings (SSSR count). The largest absolute Gasteiger partial charge is 0.490 e. The van der Waals surface area contributed by atoms with Gasteiger partial charge >= 0.3 is 0 Å². The molecule has 0 saturated carbocycles. The first-order chi connectivity index (χ1) is 19.0. The predicted octanol–water partition coefficient (Wildman–Crippen LogP) is 8.89. The second kappa shape index (κ2) is 12.6. The lowest BCUT2D eigenvalue weighted by Gasteiger charge is -2.15. The quantitative estimate of drug-likeness (QED) is 0.185. The molecule has 0 radical (unpaired) electrons. The summed E-state index contributed by atoms with van der Waals surface area (Å²) < 4.78 is 12.8. The number of amidine groups is 1. The van der Waals surface area contributed by atoms with Crippen LogP contribution in [0.4, 0.5) is 11.4 Å². The number of halogens is 2. The second-order valence-corrected chi connectivity index (χ2v) is 10.8. The summed E-state index contributed by atoms with van der Waals surface area (Å²) in [6.45, 7) is 2.76. The van der Waals surface area contributed by atoms with E-state index < -0.39 is 0 Å². The smallest absolute Gasteiger partial charge is 0.271 e. The Morgan fingerprint density at radius 2 is 1.59 bits per heavy atom. The van der Waals surface area contributed by atoms with Crippen molar-refractivity contribution >= 4 is 67.8 Å². The third kappa shape index (κ3) is 6.56. The van der Waals surface area contributed by atoms with E-state index in [1.165, 1.54) is 11.8 Å². The number of carbonyl (C=O) groups is 1. The van der Waals surface area contributed by atoms with Crippen LogP contribution >= 0.6 is 39.3 Å². The van der Waals surface area contributed by atoms with Crippen LogP contribution in [-0.2, 0) is 11.4 Å². The van der Waals surface area contributed by atoms with Gasteiger partial charge in [0, 0.05) is 9.50 Å². The fourth-order valence-corrected chi connectivity index (χ4v) is 5.45. The number of thioether (sulfide) groups is 1. The molecule has 5 nitrogen and oxygen atoms in total. The van der Waals surface area contributed by atoms with Crippen LogP contribution in [0.3, 0.4) is 0 Å². The van der Waals surface area contributed by atoms with Crippen LogP contribution < -0.4 is 14.4 Å². The molecule has 0 unspecified atom stereocenters. The number of benzene rings is 4. The number of ether oxygens (including phenoxy) is 2. The molecule has 0 N–H and O–H groups in total. The Morgan fingerprint density at radius 1 is 0.923 bits per heavy atom. The number of aliphatic imine (C=N–C) groups is 1. The molecule has 1 aliphatic heterocycles. The first-order valence-electron chi connectivity index (χ1n) is 12.3. The molecule has 0 spiro atoms. The normalized spacial score (nSPS) is 15.3. The van der Waals surface area contributed by atoms with Gasteiger partial charge in [-0.15, -0.1) is 0 Å². The summed E-state index contributed by atoms with van der Waals surface area (Å²) >= 11 is 11.0. The number of amides is 1. The predicted molar refractivity (Wildman–Crippen MR) is 164 cm³/mol. The molecule has 1 amide bonds. The van der Waals surface area contributed by atoms with Gasteiger partial charge < -0.3 is 9.47 Å². The van der Waals surface area contributed by atoms with Gasteiger partial charge in [-0.25, -0.2) is 4.99 Å². The number of nitrogens with zero attached hydrogens (tertiary/aromatic N) is 2. The maximum atomic E-state index is 13.7. The van der Waals surface area contributed by atoms with Crippen LogP contribution in [0.25, 0.3) is 6.08 Å². The van der Waals surface area contributed by atoms with Gasteiger partial charge in [0.15, 0.2) is 16.7 Å². The summed E-state index contributed by atoms with van der Waals surface area (Å²) in [5.74, 6) is 1.05. The Hall–Kier alpha value is -3.52. The minimum atomic E-state index is -0.145. The topological polar surface area (TPSA) is 51.1 Å². The molecule has 0 bridgehead atoms. The first-order valence-corrected chi connectivity index (χ1v) is 14.3. The van der Waals surface area contributed by atoms with E-state index in [4.69, 9.17) is 26.1 Å². The molecule has 0 aliphatic carbocycles. The zero-order valence-corrected chi connectivity index (χ0v) is 24.2. The average molecular weight is 620 g/mol. The highest BCUT2D eigenvalue weighted by Crippen LogP contribution is 2.40. The molecule has 196 valence electrons.